The number of hydrogen-bond donors (Lipinski definition) is 2. The van der Waals surface area contributed by atoms with E-state index >= 15 is 0 Å². The standard InChI is InChI=1S/C16H14N2O2/c17-9-11-5-7-12(8-6-11)16(19)18-14-10-20-15-4-2-1-3-13(14)15/h1-8,10H,9,17H2,(H,18,19). The fourth-order valence-corrected chi connectivity index (χ4v) is 2.06. The SMILES string of the molecule is NCc1ccc(C(=O)Nc2coc3ccccc23)cc1. The first-order valence-electron chi connectivity index (χ1n) is 6.34. The van der Waals surface area contributed by atoms with Crippen LogP contribution in [-0.4, -0.2) is 5.91 Å². The van der Waals surface area contributed by atoms with E-state index < -0.39 is 0 Å². The van der Waals surface area contributed by atoms with E-state index in [4.69, 9.17) is 10.2 Å². The van der Waals surface area contributed by atoms with E-state index in [0.717, 1.165) is 16.5 Å². The Bertz CT molecular complexity index is 745. The predicted octanol–water partition coefficient (Wildman–Crippen LogP) is 3.14. The molecule has 4 nitrogen and oxygen atoms in total. The highest BCUT2D eigenvalue weighted by molar-refractivity contribution is 6.08. The summed E-state index contributed by atoms with van der Waals surface area (Å²) in [7, 11) is 0. The molecule has 100 valence electrons. The van der Waals surface area contributed by atoms with Crippen LogP contribution in [0.3, 0.4) is 0 Å². The fraction of sp³-hybridized carbons (Fsp3) is 0.0625. The van der Waals surface area contributed by atoms with E-state index in [1.807, 2.05) is 36.4 Å². The predicted molar refractivity (Wildman–Crippen MR) is 78.5 cm³/mol. The monoisotopic (exact) mass is 266 g/mol. The number of rotatable bonds is 3. The van der Waals surface area contributed by atoms with E-state index in [1.165, 1.54) is 0 Å². The van der Waals surface area contributed by atoms with Crippen LogP contribution in [0.5, 0.6) is 0 Å². The first kappa shape index (κ1) is 12.4. The van der Waals surface area contributed by atoms with Crippen LogP contribution in [-0.2, 0) is 6.54 Å². The number of carbonyl (C=O) groups is 1. The molecule has 3 N–H and O–H groups in total. The lowest BCUT2D eigenvalue weighted by Crippen LogP contribution is -2.11. The van der Waals surface area contributed by atoms with Gasteiger partial charge in [0.25, 0.3) is 5.91 Å². The molecule has 0 fully saturated rings. The van der Waals surface area contributed by atoms with Crippen molar-refractivity contribution in [3.05, 3.63) is 65.9 Å². The van der Waals surface area contributed by atoms with Gasteiger partial charge in [0.1, 0.15) is 11.8 Å². The topological polar surface area (TPSA) is 68.3 Å². The summed E-state index contributed by atoms with van der Waals surface area (Å²) in [6.07, 6.45) is 1.55. The maximum absolute atomic E-state index is 12.2. The molecule has 3 rings (SSSR count). The minimum Gasteiger partial charge on any atom is -0.462 e. The Hall–Kier alpha value is -2.59. The highest BCUT2D eigenvalue weighted by atomic mass is 16.3. The molecule has 0 saturated heterocycles. The minimum absolute atomic E-state index is 0.167. The summed E-state index contributed by atoms with van der Waals surface area (Å²) in [6.45, 7) is 0.467. The average Bonchev–Trinajstić information content (AvgIpc) is 2.91. The van der Waals surface area contributed by atoms with Gasteiger partial charge in [0, 0.05) is 17.5 Å². The third-order valence-corrected chi connectivity index (χ3v) is 3.18. The van der Waals surface area contributed by atoms with Crippen molar-refractivity contribution < 1.29 is 9.21 Å². The zero-order valence-electron chi connectivity index (χ0n) is 10.8. The Morgan fingerprint density at radius 1 is 1.10 bits per heavy atom. The second-order valence-corrected chi connectivity index (χ2v) is 4.50. The van der Waals surface area contributed by atoms with Crippen LogP contribution < -0.4 is 11.1 Å². The summed E-state index contributed by atoms with van der Waals surface area (Å²) >= 11 is 0. The highest BCUT2D eigenvalue weighted by Crippen LogP contribution is 2.25. The number of carbonyl (C=O) groups excluding carboxylic acids is 1. The second kappa shape index (κ2) is 5.19. The number of amides is 1. The molecule has 3 aromatic rings. The van der Waals surface area contributed by atoms with Crippen LogP contribution in [0.15, 0.2) is 59.2 Å². The van der Waals surface area contributed by atoms with Gasteiger partial charge in [-0.25, -0.2) is 0 Å². The number of nitrogens with one attached hydrogen (secondary N) is 1. The molecule has 0 spiro atoms. The molecular weight excluding hydrogens is 252 g/mol. The summed E-state index contributed by atoms with van der Waals surface area (Å²) in [5.41, 5.74) is 8.55. The van der Waals surface area contributed by atoms with E-state index in [1.54, 1.807) is 18.4 Å². The Morgan fingerprint density at radius 2 is 1.85 bits per heavy atom. The van der Waals surface area contributed by atoms with Gasteiger partial charge < -0.3 is 15.5 Å². The third kappa shape index (κ3) is 2.29. The molecule has 4 heteroatoms. The van der Waals surface area contributed by atoms with Gasteiger partial charge in [0.15, 0.2) is 0 Å². The third-order valence-electron chi connectivity index (χ3n) is 3.18. The molecule has 1 amide bonds. The number of benzene rings is 2. The van der Waals surface area contributed by atoms with Crippen molar-refractivity contribution in [1.82, 2.24) is 0 Å². The molecule has 0 aliphatic carbocycles. The molecule has 2 aromatic carbocycles. The number of nitrogens with two attached hydrogens (primary N) is 1. The number of furan rings is 1. The lowest BCUT2D eigenvalue weighted by atomic mass is 10.1. The van der Waals surface area contributed by atoms with Crippen molar-refractivity contribution in [2.45, 2.75) is 6.54 Å². The molecular formula is C16H14N2O2. The Kier molecular flexibility index (Phi) is 3.23. The summed E-state index contributed by atoms with van der Waals surface area (Å²) in [5.74, 6) is -0.167. The van der Waals surface area contributed by atoms with Gasteiger partial charge in [0.2, 0.25) is 0 Å². The van der Waals surface area contributed by atoms with Gasteiger partial charge >= 0.3 is 0 Å². The largest absolute Gasteiger partial charge is 0.462 e. The molecule has 0 aliphatic rings. The zero-order chi connectivity index (χ0) is 13.9. The molecule has 0 unspecified atom stereocenters. The van der Waals surface area contributed by atoms with E-state index in [9.17, 15) is 4.79 Å². The van der Waals surface area contributed by atoms with Crippen LogP contribution in [0, 0.1) is 0 Å². The molecule has 1 heterocycles. The van der Waals surface area contributed by atoms with Crippen molar-refractivity contribution in [3.8, 4) is 0 Å². The van der Waals surface area contributed by atoms with Gasteiger partial charge in [-0.1, -0.05) is 24.3 Å². The van der Waals surface area contributed by atoms with Crippen LogP contribution >= 0.6 is 0 Å². The molecule has 20 heavy (non-hydrogen) atoms. The van der Waals surface area contributed by atoms with Crippen LogP contribution in [0.1, 0.15) is 15.9 Å². The molecule has 0 bridgehead atoms. The minimum atomic E-state index is -0.167. The van der Waals surface area contributed by atoms with Crippen LogP contribution in [0.25, 0.3) is 11.0 Å². The summed E-state index contributed by atoms with van der Waals surface area (Å²) < 4.78 is 5.39. The first-order chi connectivity index (χ1) is 9.78. The highest BCUT2D eigenvalue weighted by Gasteiger charge is 2.10. The Morgan fingerprint density at radius 3 is 2.60 bits per heavy atom. The van der Waals surface area contributed by atoms with Gasteiger partial charge in [-0.15, -0.1) is 0 Å². The fourth-order valence-electron chi connectivity index (χ4n) is 2.06. The Balaban J connectivity index is 1.84. The molecule has 0 atom stereocenters. The molecule has 0 saturated carbocycles. The van der Waals surface area contributed by atoms with E-state index in [2.05, 4.69) is 5.32 Å². The number of anilines is 1. The molecule has 0 radical (unpaired) electrons. The Labute approximate surface area is 116 Å². The van der Waals surface area contributed by atoms with Crippen LogP contribution in [0.4, 0.5) is 5.69 Å². The van der Waals surface area contributed by atoms with Gasteiger partial charge in [0.05, 0.1) is 5.69 Å². The quantitative estimate of drug-likeness (QED) is 0.765. The lowest BCUT2D eigenvalue weighted by molar-refractivity contribution is 0.102. The van der Waals surface area contributed by atoms with Gasteiger partial charge in [-0.3, -0.25) is 4.79 Å². The number of hydrogen-bond acceptors (Lipinski definition) is 3. The maximum atomic E-state index is 12.2. The van der Waals surface area contributed by atoms with Gasteiger partial charge in [-0.2, -0.15) is 0 Å². The first-order valence-corrected chi connectivity index (χ1v) is 6.34. The van der Waals surface area contributed by atoms with Gasteiger partial charge in [-0.05, 0) is 29.8 Å². The second-order valence-electron chi connectivity index (χ2n) is 4.50. The lowest BCUT2D eigenvalue weighted by Gasteiger charge is -2.04. The van der Waals surface area contributed by atoms with Crippen molar-refractivity contribution in [2.75, 3.05) is 5.32 Å². The van der Waals surface area contributed by atoms with Crippen molar-refractivity contribution in [1.29, 1.82) is 0 Å². The molecule has 1 aromatic heterocycles. The normalized spacial score (nSPS) is 10.7. The number of para-hydroxylation sites is 1. The maximum Gasteiger partial charge on any atom is 0.255 e. The smallest absolute Gasteiger partial charge is 0.255 e. The van der Waals surface area contributed by atoms with E-state index in [-0.39, 0.29) is 5.91 Å². The van der Waals surface area contributed by atoms with Crippen molar-refractivity contribution in [3.63, 3.8) is 0 Å². The van der Waals surface area contributed by atoms with Crippen molar-refractivity contribution in [2.24, 2.45) is 5.73 Å². The zero-order valence-corrected chi connectivity index (χ0v) is 10.8. The summed E-state index contributed by atoms with van der Waals surface area (Å²) in [5, 5.41) is 3.74. The average molecular weight is 266 g/mol. The van der Waals surface area contributed by atoms with Crippen LogP contribution in [0.2, 0.25) is 0 Å². The number of fused-ring (bicyclic) bond motifs is 1. The summed E-state index contributed by atoms with van der Waals surface area (Å²) in [4.78, 5) is 12.2. The van der Waals surface area contributed by atoms with E-state index in [0.29, 0.717) is 17.8 Å². The summed E-state index contributed by atoms with van der Waals surface area (Å²) in [6, 6.07) is 14.8. The molecule has 0 aliphatic heterocycles. The van der Waals surface area contributed by atoms with Crippen molar-refractivity contribution >= 4 is 22.6 Å².